The number of hydrogen-bond acceptors (Lipinski definition) is 7. The Labute approximate surface area is 281 Å². The molecule has 5 rings (SSSR count). The van der Waals surface area contributed by atoms with Gasteiger partial charge < -0.3 is 13.6 Å². The quantitative estimate of drug-likeness (QED) is 0.0783. The number of fused-ring (bicyclic) bond motifs is 1. The molecule has 0 amide bonds. The Balaban J connectivity index is 1.43. The molecule has 10 heteroatoms. The van der Waals surface area contributed by atoms with Crippen molar-refractivity contribution in [3.05, 3.63) is 105 Å². The van der Waals surface area contributed by atoms with Crippen molar-refractivity contribution in [1.82, 2.24) is 14.8 Å². The van der Waals surface area contributed by atoms with E-state index in [-0.39, 0.29) is 10.5 Å². The predicted molar refractivity (Wildman–Crippen MR) is 191 cm³/mol. The SMILES string of the molecule is Cc1cc([C@@H](C)Oc2ccc(Cl)nc2SCc2ccccc2)c2oc(-c3cnn(CCO[Si](C)(C)C(C)(C)C)c3)c(C)c(=O)c2c1. The molecule has 0 aliphatic carbocycles. The fourth-order valence-electron chi connectivity index (χ4n) is 4.94. The molecule has 0 N–H and O–H groups in total. The van der Waals surface area contributed by atoms with E-state index < -0.39 is 14.4 Å². The molecular formula is C36H42ClN3O4SSi. The number of halogens is 1. The second-order valence-electron chi connectivity index (χ2n) is 13.2. The van der Waals surface area contributed by atoms with Crippen molar-refractivity contribution >= 4 is 42.6 Å². The molecule has 46 heavy (non-hydrogen) atoms. The zero-order valence-electron chi connectivity index (χ0n) is 27.8. The Bertz CT molecular complexity index is 1900. The van der Waals surface area contributed by atoms with Gasteiger partial charge in [0.2, 0.25) is 0 Å². The van der Waals surface area contributed by atoms with Crippen LogP contribution >= 0.6 is 23.4 Å². The summed E-state index contributed by atoms with van der Waals surface area (Å²) in [5, 5.41) is 6.31. The Kier molecular flexibility index (Phi) is 10.2. The first-order valence-electron chi connectivity index (χ1n) is 15.5. The van der Waals surface area contributed by atoms with Crippen LogP contribution in [0.25, 0.3) is 22.3 Å². The van der Waals surface area contributed by atoms with Crippen LogP contribution in [0, 0.1) is 13.8 Å². The molecule has 0 unspecified atom stereocenters. The summed E-state index contributed by atoms with van der Waals surface area (Å²) in [4.78, 5) is 18.3. The van der Waals surface area contributed by atoms with Gasteiger partial charge in [-0.3, -0.25) is 9.48 Å². The minimum atomic E-state index is -1.86. The zero-order valence-corrected chi connectivity index (χ0v) is 30.4. The van der Waals surface area contributed by atoms with Crippen LogP contribution in [-0.4, -0.2) is 29.7 Å². The van der Waals surface area contributed by atoms with Crippen LogP contribution < -0.4 is 10.2 Å². The standard InChI is InChI=1S/C36H42ClN3O4SSi/c1-23-18-28(25(3)43-30-14-15-31(37)39-35(30)45-22-26-12-10-9-11-13-26)34-29(19-23)32(41)24(2)33(44-34)27-20-38-40(21-27)16-17-42-46(7,8)36(4,5)6/h9-15,18-21,25H,16-17,22H2,1-8H3/t25-/m1/s1. The van der Waals surface area contributed by atoms with Crippen molar-refractivity contribution in [1.29, 1.82) is 0 Å². The lowest BCUT2D eigenvalue weighted by Crippen LogP contribution is -2.41. The van der Waals surface area contributed by atoms with Gasteiger partial charge in [0.25, 0.3) is 0 Å². The van der Waals surface area contributed by atoms with Gasteiger partial charge in [-0.25, -0.2) is 4.98 Å². The van der Waals surface area contributed by atoms with E-state index in [1.165, 1.54) is 5.56 Å². The highest BCUT2D eigenvalue weighted by Gasteiger charge is 2.37. The normalized spacial score (nSPS) is 12.9. The smallest absolute Gasteiger partial charge is 0.196 e. The Hall–Kier alpha value is -3.37. The average Bonchev–Trinajstić information content (AvgIpc) is 3.47. The second kappa shape index (κ2) is 13.8. The minimum Gasteiger partial charge on any atom is -0.483 e. The van der Waals surface area contributed by atoms with E-state index in [1.54, 1.807) is 30.9 Å². The molecule has 3 aromatic heterocycles. The second-order valence-corrected chi connectivity index (χ2v) is 19.3. The van der Waals surface area contributed by atoms with Crippen molar-refractivity contribution in [2.45, 2.75) is 83.1 Å². The van der Waals surface area contributed by atoms with Gasteiger partial charge in [0, 0.05) is 23.1 Å². The molecule has 5 aromatic rings. The van der Waals surface area contributed by atoms with E-state index in [4.69, 9.17) is 25.2 Å². The molecule has 0 saturated carbocycles. The lowest BCUT2D eigenvalue weighted by molar-refractivity contribution is 0.219. The number of aromatic nitrogens is 3. The van der Waals surface area contributed by atoms with E-state index in [9.17, 15) is 4.79 Å². The Morgan fingerprint density at radius 1 is 1.09 bits per heavy atom. The number of pyridine rings is 1. The summed E-state index contributed by atoms with van der Waals surface area (Å²) in [6, 6.07) is 17.6. The van der Waals surface area contributed by atoms with E-state index in [1.807, 2.05) is 61.1 Å². The van der Waals surface area contributed by atoms with Crippen LogP contribution in [0.2, 0.25) is 23.3 Å². The van der Waals surface area contributed by atoms with Gasteiger partial charge in [-0.1, -0.05) is 74.5 Å². The van der Waals surface area contributed by atoms with Crippen LogP contribution in [0.3, 0.4) is 0 Å². The molecule has 1 atom stereocenters. The van der Waals surface area contributed by atoms with Crippen molar-refractivity contribution in [3.8, 4) is 17.1 Å². The van der Waals surface area contributed by atoms with Gasteiger partial charge in [-0.2, -0.15) is 5.10 Å². The molecule has 3 heterocycles. The lowest BCUT2D eigenvalue weighted by Gasteiger charge is -2.36. The highest BCUT2D eigenvalue weighted by Crippen LogP contribution is 2.38. The first-order chi connectivity index (χ1) is 21.7. The predicted octanol–water partition coefficient (Wildman–Crippen LogP) is 9.78. The fourth-order valence-corrected chi connectivity index (χ4v) is 7.09. The van der Waals surface area contributed by atoms with Gasteiger partial charge >= 0.3 is 0 Å². The summed E-state index contributed by atoms with van der Waals surface area (Å²) in [7, 11) is -1.86. The van der Waals surface area contributed by atoms with Crippen LogP contribution in [0.5, 0.6) is 5.75 Å². The summed E-state index contributed by atoms with van der Waals surface area (Å²) < 4.78 is 21.3. The monoisotopic (exact) mass is 675 g/mol. The minimum absolute atomic E-state index is 0.0744. The maximum atomic E-state index is 13.7. The molecule has 7 nitrogen and oxygen atoms in total. The largest absolute Gasteiger partial charge is 0.483 e. The molecule has 0 bridgehead atoms. The first kappa shape index (κ1) is 34.0. The van der Waals surface area contributed by atoms with E-state index in [2.05, 4.69) is 56.1 Å². The van der Waals surface area contributed by atoms with E-state index in [0.29, 0.717) is 51.4 Å². The maximum Gasteiger partial charge on any atom is 0.196 e. The first-order valence-corrected chi connectivity index (χ1v) is 19.8. The highest BCUT2D eigenvalue weighted by molar-refractivity contribution is 7.98. The zero-order chi connectivity index (χ0) is 33.2. The lowest BCUT2D eigenvalue weighted by atomic mass is 10.0. The van der Waals surface area contributed by atoms with Gasteiger partial charge in [0.15, 0.2) is 19.5 Å². The van der Waals surface area contributed by atoms with Crippen molar-refractivity contribution in [3.63, 3.8) is 0 Å². The summed E-state index contributed by atoms with van der Waals surface area (Å²) in [6.45, 7) is 18.1. The summed E-state index contributed by atoms with van der Waals surface area (Å²) >= 11 is 7.85. The average molecular weight is 676 g/mol. The molecular weight excluding hydrogens is 634 g/mol. The van der Waals surface area contributed by atoms with Crippen LogP contribution in [0.15, 0.2) is 81.2 Å². The van der Waals surface area contributed by atoms with E-state index >= 15 is 0 Å². The molecule has 0 aliphatic heterocycles. The molecule has 0 radical (unpaired) electrons. The third kappa shape index (κ3) is 7.60. The molecule has 0 spiro atoms. The number of benzene rings is 2. The molecule has 2 aromatic carbocycles. The summed E-state index contributed by atoms with van der Waals surface area (Å²) in [6.07, 6.45) is 3.21. The molecule has 0 saturated heterocycles. The van der Waals surface area contributed by atoms with Gasteiger partial charge in [0.05, 0.1) is 30.3 Å². The Morgan fingerprint density at radius 3 is 2.54 bits per heavy atom. The van der Waals surface area contributed by atoms with Gasteiger partial charge in [-0.15, -0.1) is 0 Å². The number of hydrogen-bond donors (Lipinski definition) is 0. The van der Waals surface area contributed by atoms with Crippen molar-refractivity contribution in [2.24, 2.45) is 0 Å². The highest BCUT2D eigenvalue weighted by atomic mass is 35.5. The molecule has 242 valence electrons. The third-order valence-corrected chi connectivity index (χ3v) is 14.4. The topological polar surface area (TPSA) is 79.4 Å². The molecule has 0 aliphatic rings. The summed E-state index contributed by atoms with van der Waals surface area (Å²) in [5.41, 5.74) is 4.60. The van der Waals surface area contributed by atoms with Crippen LogP contribution in [-0.2, 0) is 16.7 Å². The number of thioether (sulfide) groups is 1. The van der Waals surface area contributed by atoms with Crippen molar-refractivity contribution < 1.29 is 13.6 Å². The van der Waals surface area contributed by atoms with Gasteiger partial charge in [-0.05, 0) is 74.3 Å². The number of ether oxygens (including phenoxy) is 1. The number of rotatable bonds is 11. The number of aryl methyl sites for hydroxylation is 1. The Morgan fingerprint density at radius 2 is 1.83 bits per heavy atom. The number of nitrogens with zero attached hydrogens (tertiary/aromatic N) is 3. The van der Waals surface area contributed by atoms with Crippen LogP contribution in [0.1, 0.15) is 56.1 Å². The van der Waals surface area contributed by atoms with Crippen LogP contribution in [0.4, 0.5) is 0 Å². The summed E-state index contributed by atoms with van der Waals surface area (Å²) in [5.74, 6) is 1.84. The van der Waals surface area contributed by atoms with Crippen molar-refractivity contribution in [2.75, 3.05) is 6.61 Å². The maximum absolute atomic E-state index is 13.7. The van der Waals surface area contributed by atoms with Gasteiger partial charge in [0.1, 0.15) is 27.6 Å². The fraction of sp³-hybridized carbons (Fsp3) is 0.361. The third-order valence-electron chi connectivity index (χ3n) is 8.63. The van der Waals surface area contributed by atoms with E-state index in [0.717, 1.165) is 22.4 Å². The molecule has 0 fully saturated rings.